The van der Waals surface area contributed by atoms with Crippen molar-refractivity contribution in [1.82, 2.24) is 10.2 Å². The van der Waals surface area contributed by atoms with E-state index < -0.39 is 39.9 Å². The van der Waals surface area contributed by atoms with Crippen molar-refractivity contribution in [2.45, 2.75) is 38.5 Å². The number of piperidine rings is 1. The number of hydrogen-bond acceptors (Lipinski definition) is 4. The van der Waals surface area contributed by atoms with Crippen LogP contribution >= 0.6 is 11.6 Å². The molecule has 1 amide bonds. The number of nitrogens with one attached hydrogen (secondary N) is 1. The molecule has 1 aliphatic rings. The van der Waals surface area contributed by atoms with Crippen LogP contribution in [0.3, 0.4) is 0 Å². The number of sulfonamides is 1. The molecule has 34 heavy (non-hydrogen) atoms. The molecule has 6 nitrogen and oxygen atoms in total. The zero-order chi connectivity index (χ0) is 24.9. The van der Waals surface area contributed by atoms with E-state index in [0.29, 0.717) is 10.4 Å². The van der Waals surface area contributed by atoms with Crippen molar-refractivity contribution in [1.29, 1.82) is 0 Å². The molecule has 2 aromatic carbocycles. The summed E-state index contributed by atoms with van der Waals surface area (Å²) in [5, 5.41) is 2.40. The average molecular weight is 518 g/mol. The van der Waals surface area contributed by atoms with Gasteiger partial charge in [-0.15, -0.1) is 0 Å². The van der Waals surface area contributed by atoms with Gasteiger partial charge in [0.15, 0.2) is 0 Å². The van der Waals surface area contributed by atoms with Crippen molar-refractivity contribution in [2.24, 2.45) is 0 Å². The maximum Gasteiger partial charge on any atom is 0.416 e. The molecule has 2 aromatic rings. The van der Waals surface area contributed by atoms with Gasteiger partial charge in [-0.2, -0.15) is 13.2 Å². The molecule has 0 unspecified atom stereocenters. The lowest BCUT2D eigenvalue weighted by atomic mass is 10.1. The van der Waals surface area contributed by atoms with Crippen LogP contribution in [0.5, 0.6) is 0 Å². The smallest absolute Gasteiger partial charge is 0.350 e. The second-order valence-electron chi connectivity index (χ2n) is 8.36. The standard InChI is InChI=1S/C23H27ClF3N3O3S/c1-34(32,33)30(21-13-19(23(25,26)27)9-10-20(21)24)16-22(31)28-14-17-5-7-18(8-6-17)15-29-11-3-2-4-12-29/h5-10,13H,2-4,11-12,14-16H2,1H3,(H,28,31). The van der Waals surface area contributed by atoms with Crippen molar-refractivity contribution < 1.29 is 26.4 Å². The zero-order valence-electron chi connectivity index (χ0n) is 18.7. The van der Waals surface area contributed by atoms with Crippen molar-refractivity contribution >= 4 is 33.2 Å². The quantitative estimate of drug-likeness (QED) is 0.562. The summed E-state index contributed by atoms with van der Waals surface area (Å²) in [4.78, 5) is 14.9. The maximum absolute atomic E-state index is 13.1. The van der Waals surface area contributed by atoms with Crippen LogP contribution < -0.4 is 9.62 Å². The number of anilines is 1. The van der Waals surface area contributed by atoms with E-state index in [4.69, 9.17) is 11.6 Å². The van der Waals surface area contributed by atoms with Gasteiger partial charge in [-0.1, -0.05) is 42.3 Å². The van der Waals surface area contributed by atoms with Crippen LogP contribution in [0.25, 0.3) is 0 Å². The molecule has 0 saturated carbocycles. The van der Waals surface area contributed by atoms with Crippen LogP contribution in [0.15, 0.2) is 42.5 Å². The topological polar surface area (TPSA) is 69.7 Å². The Hall–Kier alpha value is -2.30. The lowest BCUT2D eigenvalue weighted by Gasteiger charge is -2.26. The molecule has 1 saturated heterocycles. The fourth-order valence-corrected chi connectivity index (χ4v) is 4.92. The molecule has 3 rings (SSSR count). The van der Waals surface area contributed by atoms with Gasteiger partial charge in [0.1, 0.15) is 6.54 Å². The summed E-state index contributed by atoms with van der Waals surface area (Å²) < 4.78 is 64.4. The van der Waals surface area contributed by atoms with Crippen molar-refractivity contribution in [3.05, 3.63) is 64.2 Å². The largest absolute Gasteiger partial charge is 0.416 e. The monoisotopic (exact) mass is 517 g/mol. The molecule has 0 aliphatic carbocycles. The van der Waals surface area contributed by atoms with Gasteiger partial charge >= 0.3 is 6.18 Å². The van der Waals surface area contributed by atoms with E-state index in [1.54, 1.807) is 0 Å². The van der Waals surface area contributed by atoms with E-state index >= 15 is 0 Å². The van der Waals surface area contributed by atoms with E-state index in [1.807, 2.05) is 24.3 Å². The SMILES string of the molecule is CS(=O)(=O)N(CC(=O)NCc1ccc(CN2CCCCC2)cc1)c1cc(C(F)(F)F)ccc1Cl. The van der Waals surface area contributed by atoms with Crippen molar-refractivity contribution in [3.8, 4) is 0 Å². The minimum Gasteiger partial charge on any atom is -0.350 e. The van der Waals surface area contributed by atoms with Crippen LogP contribution in [0.1, 0.15) is 36.0 Å². The number of amides is 1. The molecule has 0 aromatic heterocycles. The zero-order valence-corrected chi connectivity index (χ0v) is 20.3. The summed E-state index contributed by atoms with van der Waals surface area (Å²) in [6, 6.07) is 10.1. The Morgan fingerprint density at radius 1 is 1.06 bits per heavy atom. The number of likely N-dealkylation sites (tertiary alicyclic amines) is 1. The first-order valence-corrected chi connectivity index (χ1v) is 13.1. The first-order chi connectivity index (χ1) is 15.9. The first kappa shape index (κ1) is 26.3. The predicted octanol–water partition coefficient (Wildman–Crippen LogP) is 4.43. The van der Waals surface area contributed by atoms with Gasteiger partial charge in [0, 0.05) is 13.1 Å². The van der Waals surface area contributed by atoms with E-state index in [-0.39, 0.29) is 11.6 Å². The number of nitrogens with zero attached hydrogens (tertiary/aromatic N) is 2. The Morgan fingerprint density at radius 3 is 2.26 bits per heavy atom. The Labute approximate surface area is 202 Å². The molecule has 0 spiro atoms. The van der Waals surface area contributed by atoms with Crippen molar-refractivity contribution in [2.75, 3.05) is 30.2 Å². The van der Waals surface area contributed by atoms with E-state index in [2.05, 4.69) is 10.2 Å². The van der Waals surface area contributed by atoms with Gasteiger partial charge in [-0.25, -0.2) is 8.42 Å². The van der Waals surface area contributed by atoms with Gasteiger partial charge in [0.05, 0.1) is 22.5 Å². The van der Waals surface area contributed by atoms with E-state index in [9.17, 15) is 26.4 Å². The summed E-state index contributed by atoms with van der Waals surface area (Å²) >= 11 is 5.98. The maximum atomic E-state index is 13.1. The Morgan fingerprint density at radius 2 is 1.68 bits per heavy atom. The number of hydrogen-bond donors (Lipinski definition) is 1. The number of carbonyl (C=O) groups is 1. The molecular weight excluding hydrogens is 491 g/mol. The van der Waals surface area contributed by atoms with Crippen LogP contribution in [0.4, 0.5) is 18.9 Å². The molecule has 1 heterocycles. The molecular formula is C23H27ClF3N3O3S. The third-order valence-corrected chi connectivity index (χ3v) is 7.04. The highest BCUT2D eigenvalue weighted by Gasteiger charge is 2.33. The van der Waals surface area contributed by atoms with E-state index in [0.717, 1.165) is 43.6 Å². The van der Waals surface area contributed by atoms with Gasteiger partial charge in [-0.05, 0) is 55.3 Å². The lowest BCUT2D eigenvalue weighted by molar-refractivity contribution is -0.137. The summed E-state index contributed by atoms with van der Waals surface area (Å²) in [7, 11) is -4.08. The van der Waals surface area contributed by atoms with Gasteiger partial charge in [-0.3, -0.25) is 14.0 Å². The number of rotatable bonds is 8. The van der Waals surface area contributed by atoms with Crippen LogP contribution in [-0.4, -0.2) is 45.1 Å². The van der Waals surface area contributed by atoms with Gasteiger partial charge in [0.2, 0.25) is 15.9 Å². The highest BCUT2D eigenvalue weighted by atomic mass is 35.5. The molecule has 1 aliphatic heterocycles. The second-order valence-corrected chi connectivity index (χ2v) is 10.7. The number of benzene rings is 2. The Kier molecular flexibility index (Phi) is 8.48. The molecule has 0 bridgehead atoms. The fourth-order valence-electron chi connectivity index (χ4n) is 3.79. The second kappa shape index (κ2) is 11.0. The Balaban J connectivity index is 1.64. The number of carbonyl (C=O) groups excluding carboxylic acids is 1. The predicted molar refractivity (Wildman–Crippen MR) is 126 cm³/mol. The fraction of sp³-hybridized carbons (Fsp3) is 0.435. The summed E-state index contributed by atoms with van der Waals surface area (Å²) in [5.74, 6) is -0.670. The Bertz CT molecular complexity index is 1100. The molecule has 1 N–H and O–H groups in total. The molecule has 0 radical (unpaired) electrons. The molecule has 1 fully saturated rings. The third-order valence-electron chi connectivity index (χ3n) is 5.60. The minimum atomic E-state index is -4.69. The lowest BCUT2D eigenvalue weighted by Crippen LogP contribution is -2.40. The highest BCUT2D eigenvalue weighted by molar-refractivity contribution is 7.92. The van der Waals surface area contributed by atoms with Crippen LogP contribution in [-0.2, 0) is 34.1 Å². The summed E-state index contributed by atoms with van der Waals surface area (Å²) in [5.41, 5.74) is 0.514. The van der Waals surface area contributed by atoms with Crippen LogP contribution in [0, 0.1) is 0 Å². The normalized spacial score (nSPS) is 15.2. The molecule has 11 heteroatoms. The highest BCUT2D eigenvalue weighted by Crippen LogP contribution is 2.36. The van der Waals surface area contributed by atoms with Gasteiger partial charge in [0.25, 0.3) is 0 Å². The molecule has 186 valence electrons. The summed E-state index contributed by atoms with van der Waals surface area (Å²) in [6.07, 6.45) is -0.199. The summed E-state index contributed by atoms with van der Waals surface area (Å²) in [6.45, 7) is 2.49. The number of halogens is 4. The first-order valence-electron chi connectivity index (χ1n) is 10.8. The minimum absolute atomic E-state index is 0.150. The van der Waals surface area contributed by atoms with Gasteiger partial charge < -0.3 is 5.32 Å². The average Bonchev–Trinajstić information content (AvgIpc) is 2.77. The van der Waals surface area contributed by atoms with Crippen molar-refractivity contribution in [3.63, 3.8) is 0 Å². The van der Waals surface area contributed by atoms with Crippen LogP contribution in [0.2, 0.25) is 5.02 Å². The van der Waals surface area contributed by atoms with E-state index in [1.165, 1.54) is 24.8 Å². The number of alkyl halides is 3. The third kappa shape index (κ3) is 7.35. The molecule has 0 atom stereocenters.